The van der Waals surface area contributed by atoms with Crippen LogP contribution in [0.2, 0.25) is 0 Å². The molecule has 4 amide bonds. The summed E-state index contributed by atoms with van der Waals surface area (Å²) in [7, 11) is 0. The number of nitrogens with one attached hydrogen (secondary N) is 12. The van der Waals surface area contributed by atoms with E-state index < -0.39 is 0 Å². The summed E-state index contributed by atoms with van der Waals surface area (Å²) in [5.41, 5.74) is 20.9. The van der Waals surface area contributed by atoms with Crippen LogP contribution in [0.1, 0.15) is 168 Å². The number of para-hydroxylation sites is 8. The average molecular weight is 1640 g/mol. The number of hydrogen-bond acceptors (Lipinski definition) is 16. The summed E-state index contributed by atoms with van der Waals surface area (Å²) in [4.78, 5) is 50.5. The summed E-state index contributed by atoms with van der Waals surface area (Å²) in [5, 5.41) is 44.1. The fourth-order valence-corrected chi connectivity index (χ4v) is 24.1. The lowest BCUT2D eigenvalue weighted by atomic mass is 9.49. The molecule has 9 fully saturated rings. The third-order valence-corrected chi connectivity index (χ3v) is 29.1. The van der Waals surface area contributed by atoms with Gasteiger partial charge in [0.2, 0.25) is 0 Å². The molecular formula is C102H110N14O7. The Hall–Kier alpha value is -12.4. The van der Waals surface area contributed by atoms with Crippen LogP contribution in [0.25, 0.3) is 5.69 Å². The predicted molar refractivity (Wildman–Crippen MR) is 482 cm³/mol. The van der Waals surface area contributed by atoms with E-state index in [0.717, 1.165) is 203 Å². The highest BCUT2D eigenvalue weighted by Crippen LogP contribution is 2.62. The first kappa shape index (κ1) is 77.9. The molecule has 12 N–H and O–H groups in total. The van der Waals surface area contributed by atoms with Gasteiger partial charge in [-0.2, -0.15) is 5.10 Å². The molecule has 21 nitrogen and oxygen atoms in total. The van der Waals surface area contributed by atoms with Gasteiger partial charge in [0.15, 0.2) is 0 Å². The van der Waals surface area contributed by atoms with Crippen molar-refractivity contribution >= 4 is 69.1 Å². The van der Waals surface area contributed by atoms with E-state index in [1.165, 1.54) is 116 Å². The lowest BCUT2D eigenvalue weighted by Gasteiger charge is -2.57. The number of carbonyl (C=O) groups is 4. The molecule has 0 saturated heterocycles. The van der Waals surface area contributed by atoms with Gasteiger partial charge in [0.25, 0.3) is 23.6 Å². The summed E-state index contributed by atoms with van der Waals surface area (Å²) in [6, 6.07) is 66.4. The summed E-state index contributed by atoms with van der Waals surface area (Å²) in [5.74, 6) is 9.31. The molecular weight excluding hydrogens is 1530 g/mol. The van der Waals surface area contributed by atoms with Crippen molar-refractivity contribution in [2.45, 2.75) is 146 Å². The van der Waals surface area contributed by atoms with Gasteiger partial charge in [-0.15, -0.1) is 0 Å². The van der Waals surface area contributed by atoms with Gasteiger partial charge in [-0.1, -0.05) is 129 Å². The Morgan fingerprint density at radius 2 is 0.659 bits per heavy atom. The zero-order valence-electron chi connectivity index (χ0n) is 69.7. The number of aromatic nitrogens is 2. The topological polar surface area (TPSA) is 258 Å². The molecule has 630 valence electrons. The minimum absolute atomic E-state index is 0.00931. The van der Waals surface area contributed by atoms with E-state index in [-0.39, 0.29) is 47.8 Å². The molecule has 9 aromatic rings. The first-order valence-electron chi connectivity index (χ1n) is 45.2. The monoisotopic (exact) mass is 1640 g/mol. The van der Waals surface area contributed by atoms with Crippen LogP contribution >= 0.6 is 0 Å². The molecule has 9 aliphatic carbocycles. The number of anilines is 8. The fourth-order valence-electron chi connectivity index (χ4n) is 24.1. The van der Waals surface area contributed by atoms with Crippen molar-refractivity contribution in [1.82, 2.24) is 31.0 Å². The molecule has 26 rings (SSSR count). The van der Waals surface area contributed by atoms with Crippen molar-refractivity contribution in [2.75, 3.05) is 88.5 Å². The minimum Gasteiger partial charge on any atom is -0.494 e. The van der Waals surface area contributed by atoms with Crippen LogP contribution in [0.5, 0.6) is 17.2 Å². The van der Waals surface area contributed by atoms with Crippen molar-refractivity contribution in [3.05, 3.63) is 280 Å². The highest BCUT2D eigenvalue weighted by molar-refractivity contribution is 6.03. The second-order valence-corrected chi connectivity index (χ2v) is 37.4. The normalized spacial score (nSPS) is 27.1. The number of hydrogen-bond donors (Lipinski definition) is 12. The average Bonchev–Trinajstić information content (AvgIpc) is 1.72. The van der Waals surface area contributed by atoms with E-state index in [2.05, 4.69) is 142 Å². The van der Waals surface area contributed by atoms with Crippen molar-refractivity contribution in [1.29, 1.82) is 0 Å². The molecule has 4 unspecified atom stereocenters. The van der Waals surface area contributed by atoms with Gasteiger partial charge in [0.05, 0.1) is 144 Å². The Kier molecular flexibility index (Phi) is 21.2. The van der Waals surface area contributed by atoms with Gasteiger partial charge < -0.3 is 78.0 Å². The molecule has 0 spiro atoms. The minimum atomic E-state index is -0.213. The SMILES string of the molecule is O=C1NCC2=C1C(c1ccc(-n3cccn3)cc1)Nc1ccccc1N2.O=C1NCC2=C1C(c1ccc(OCC34CC5CC(CC(C5)C3)C4)cc1)Nc1ccccc1N2.O=C1NCC2=C1C(c1ccc(OCCC34CC5CC(CC(C5)C3)C4)cc1)Nc1ccccc1N2.O=C1NCC2=C1C(c1ccc(OCCC3CCCCC3)cc1)Nc1ccccc1N2. The summed E-state index contributed by atoms with van der Waals surface area (Å²) in [6.07, 6.45) is 30.1. The van der Waals surface area contributed by atoms with E-state index in [1.54, 1.807) is 6.20 Å². The third kappa shape index (κ3) is 16.2. The van der Waals surface area contributed by atoms with E-state index in [0.29, 0.717) is 37.0 Å². The van der Waals surface area contributed by atoms with E-state index in [9.17, 15) is 19.2 Å². The number of ether oxygens (including phenoxy) is 3. The van der Waals surface area contributed by atoms with Crippen LogP contribution in [-0.2, 0) is 19.2 Å². The molecule has 8 aliphatic heterocycles. The Balaban J connectivity index is 0.000000101. The largest absolute Gasteiger partial charge is 0.494 e. The number of amides is 4. The van der Waals surface area contributed by atoms with Gasteiger partial charge >= 0.3 is 0 Å². The molecule has 123 heavy (non-hydrogen) atoms. The molecule has 9 saturated carbocycles. The molecule has 21 heteroatoms. The molecule has 1 aromatic heterocycles. The molecule has 0 radical (unpaired) electrons. The second kappa shape index (κ2) is 33.4. The van der Waals surface area contributed by atoms with Crippen molar-refractivity contribution < 1.29 is 33.4 Å². The van der Waals surface area contributed by atoms with E-state index >= 15 is 0 Å². The first-order valence-corrected chi connectivity index (χ1v) is 45.2. The molecule has 17 aliphatic rings. The summed E-state index contributed by atoms with van der Waals surface area (Å²) in [6.45, 7) is 4.56. The maximum atomic E-state index is 12.7. The summed E-state index contributed by atoms with van der Waals surface area (Å²) >= 11 is 0. The lowest BCUT2D eigenvalue weighted by Crippen LogP contribution is -2.48. The van der Waals surface area contributed by atoms with Crippen LogP contribution in [0.15, 0.2) is 258 Å². The standard InChI is InChI=1S/C29H33N3O2.C28H31N3O2.C25H29N3O2.C20H17N5O/c33-28-26-25(17-30-28)31-23-3-1-2-4-24(23)32-27(26)21-5-7-22(8-6-21)34-10-9-29-14-18-11-19(15-29)13-20(12-18)16-29;32-27-25-24(15-29-27)30-22-3-1-2-4-23(22)31-26(25)20-5-7-21(8-6-20)33-16-28-12-17-9-18(13-28)11-19(10-17)14-28;29-25-23-22(16-26-25)27-20-8-4-5-9-21(20)28-24(23)18-10-12-19(13-11-18)30-15-14-17-6-2-1-3-7-17;26-20-18-17(12-21-20)23-15-4-1-2-5-16(15)24-19(18)13-6-8-14(9-7-13)25-11-3-10-22-25/h1-8,18-20,27,31-32H,9-17H2,(H,30,33);1-8,17-19,26,30-31H,9-16H2,(H,29,32);4-5,8-13,17,24,27-28H,1-3,6-7,14-16H2,(H,26,29);1-11,19,23-24H,12H2,(H,21,26). The highest BCUT2D eigenvalue weighted by Gasteiger charge is 2.53. The Morgan fingerprint density at radius 3 is 1.00 bits per heavy atom. The number of fused-ring (bicyclic) bond motifs is 4. The van der Waals surface area contributed by atoms with Crippen LogP contribution in [0.4, 0.5) is 45.5 Å². The predicted octanol–water partition coefficient (Wildman–Crippen LogP) is 18.7. The van der Waals surface area contributed by atoms with Gasteiger partial charge in [-0.05, 0) is 262 Å². The smallest absolute Gasteiger partial charge is 0.251 e. The van der Waals surface area contributed by atoms with Gasteiger partial charge in [-0.25, -0.2) is 4.68 Å². The number of benzene rings is 8. The lowest BCUT2D eigenvalue weighted by molar-refractivity contribution is -0.117. The summed E-state index contributed by atoms with van der Waals surface area (Å²) < 4.78 is 20.5. The van der Waals surface area contributed by atoms with Crippen molar-refractivity contribution in [2.24, 2.45) is 52.3 Å². The molecule has 8 aromatic carbocycles. The van der Waals surface area contributed by atoms with Crippen LogP contribution in [0, 0.1) is 52.3 Å². The Bertz CT molecular complexity index is 5540. The van der Waals surface area contributed by atoms with Gasteiger partial charge in [-0.3, -0.25) is 19.2 Å². The third-order valence-electron chi connectivity index (χ3n) is 29.1. The quantitative estimate of drug-likeness (QED) is 0.0429. The van der Waals surface area contributed by atoms with Crippen LogP contribution in [-0.4, -0.2) is 79.4 Å². The van der Waals surface area contributed by atoms with Crippen molar-refractivity contribution in [3.63, 3.8) is 0 Å². The zero-order chi connectivity index (χ0) is 82.5. The molecule has 9 heterocycles. The molecule has 8 bridgehead atoms. The van der Waals surface area contributed by atoms with Crippen LogP contribution in [0.3, 0.4) is 0 Å². The Morgan fingerprint density at radius 1 is 0.341 bits per heavy atom. The number of rotatable bonds is 16. The van der Waals surface area contributed by atoms with Gasteiger partial charge in [0.1, 0.15) is 17.2 Å². The Labute approximate surface area is 719 Å². The number of carbonyl (C=O) groups excluding carboxylic acids is 4. The maximum Gasteiger partial charge on any atom is 0.251 e. The molecule has 4 atom stereocenters. The fraction of sp³-hybridized carbons (Fsp3) is 0.382. The second-order valence-electron chi connectivity index (χ2n) is 37.4. The van der Waals surface area contributed by atoms with E-state index in [1.807, 2.05) is 138 Å². The maximum absolute atomic E-state index is 12.7. The highest BCUT2D eigenvalue weighted by atomic mass is 16.5. The van der Waals surface area contributed by atoms with Crippen LogP contribution < -0.4 is 78.0 Å². The zero-order valence-corrected chi connectivity index (χ0v) is 69.7. The van der Waals surface area contributed by atoms with E-state index in [4.69, 9.17) is 14.2 Å². The van der Waals surface area contributed by atoms with Crippen molar-refractivity contribution in [3.8, 4) is 22.9 Å². The first-order chi connectivity index (χ1) is 60.3. The number of nitrogens with zero attached hydrogens (tertiary/aromatic N) is 2. The van der Waals surface area contributed by atoms with Gasteiger partial charge in [0, 0.05) is 40.6 Å².